The Hall–Kier alpha value is -2.21. The lowest BCUT2D eigenvalue weighted by atomic mass is 10.1. The summed E-state index contributed by atoms with van der Waals surface area (Å²) in [6, 6.07) is 13.7. The molecule has 138 valence electrons. The zero-order valence-electron chi connectivity index (χ0n) is 14.9. The Balaban J connectivity index is 1.53. The first-order valence-electron chi connectivity index (χ1n) is 8.88. The fourth-order valence-electron chi connectivity index (χ4n) is 3.06. The summed E-state index contributed by atoms with van der Waals surface area (Å²) in [5.41, 5.74) is 2.85. The van der Waals surface area contributed by atoms with Crippen molar-refractivity contribution in [1.82, 2.24) is 0 Å². The van der Waals surface area contributed by atoms with Crippen LogP contribution in [0.4, 0.5) is 17.1 Å². The molecule has 0 spiro atoms. The molecule has 1 aliphatic heterocycles. The standard InChI is InChI=1S/C20H24BrN3O2/c1-26-17-9-10-18(21)19(13-17)22-14-20(25)23-15-5-7-16(8-6-15)24-11-3-2-4-12-24/h5-10,13,22H,2-4,11-12,14H2,1H3,(H,23,25). The molecule has 26 heavy (non-hydrogen) atoms. The second-order valence-electron chi connectivity index (χ2n) is 6.34. The van der Waals surface area contributed by atoms with Crippen LogP contribution >= 0.6 is 15.9 Å². The SMILES string of the molecule is COc1ccc(Br)c(NCC(=O)Nc2ccc(N3CCCCC3)cc2)c1. The lowest BCUT2D eigenvalue weighted by molar-refractivity contribution is -0.114. The lowest BCUT2D eigenvalue weighted by Crippen LogP contribution is -2.29. The van der Waals surface area contributed by atoms with Crippen LogP contribution in [-0.4, -0.2) is 32.7 Å². The molecule has 0 bridgehead atoms. The van der Waals surface area contributed by atoms with Gasteiger partial charge in [-0.2, -0.15) is 0 Å². The van der Waals surface area contributed by atoms with E-state index in [1.54, 1.807) is 7.11 Å². The zero-order chi connectivity index (χ0) is 18.4. The summed E-state index contributed by atoms with van der Waals surface area (Å²) >= 11 is 3.47. The topological polar surface area (TPSA) is 53.6 Å². The van der Waals surface area contributed by atoms with Crippen molar-refractivity contribution in [1.29, 1.82) is 0 Å². The molecule has 1 heterocycles. The summed E-state index contributed by atoms with van der Waals surface area (Å²) in [5.74, 6) is 0.648. The predicted molar refractivity (Wildman–Crippen MR) is 110 cm³/mol. The first-order valence-corrected chi connectivity index (χ1v) is 9.67. The Labute approximate surface area is 162 Å². The van der Waals surface area contributed by atoms with Crippen LogP contribution in [-0.2, 0) is 4.79 Å². The van der Waals surface area contributed by atoms with Crippen molar-refractivity contribution in [2.45, 2.75) is 19.3 Å². The summed E-state index contributed by atoms with van der Waals surface area (Å²) in [7, 11) is 1.62. The maximum atomic E-state index is 12.2. The van der Waals surface area contributed by atoms with E-state index in [4.69, 9.17) is 4.74 Å². The van der Waals surface area contributed by atoms with E-state index in [0.29, 0.717) is 0 Å². The molecule has 2 aromatic carbocycles. The number of rotatable bonds is 6. The van der Waals surface area contributed by atoms with Gasteiger partial charge in [0.2, 0.25) is 5.91 Å². The highest BCUT2D eigenvalue weighted by Gasteiger charge is 2.11. The van der Waals surface area contributed by atoms with Crippen LogP contribution in [0.2, 0.25) is 0 Å². The summed E-state index contributed by atoms with van der Waals surface area (Å²) in [6.07, 6.45) is 3.83. The van der Waals surface area contributed by atoms with Gasteiger partial charge in [0.25, 0.3) is 0 Å². The largest absolute Gasteiger partial charge is 0.497 e. The molecule has 2 N–H and O–H groups in total. The smallest absolute Gasteiger partial charge is 0.243 e. The highest BCUT2D eigenvalue weighted by atomic mass is 79.9. The highest BCUT2D eigenvalue weighted by Crippen LogP contribution is 2.27. The molecule has 1 saturated heterocycles. The van der Waals surface area contributed by atoms with Gasteiger partial charge in [0.15, 0.2) is 0 Å². The van der Waals surface area contributed by atoms with Crippen LogP contribution < -0.4 is 20.3 Å². The Morgan fingerprint density at radius 2 is 1.85 bits per heavy atom. The fourth-order valence-corrected chi connectivity index (χ4v) is 3.44. The number of halogens is 1. The summed E-state index contributed by atoms with van der Waals surface area (Å²) in [5, 5.41) is 6.05. The Morgan fingerprint density at radius 1 is 1.12 bits per heavy atom. The summed E-state index contributed by atoms with van der Waals surface area (Å²) in [4.78, 5) is 14.6. The number of benzene rings is 2. The number of carbonyl (C=O) groups excluding carboxylic acids is 1. The molecule has 0 aromatic heterocycles. The minimum absolute atomic E-state index is 0.0922. The maximum Gasteiger partial charge on any atom is 0.243 e. The second-order valence-corrected chi connectivity index (χ2v) is 7.20. The molecular weight excluding hydrogens is 394 g/mol. The van der Waals surface area contributed by atoms with Gasteiger partial charge < -0.3 is 20.3 Å². The van der Waals surface area contributed by atoms with Crippen molar-refractivity contribution in [3.05, 3.63) is 46.9 Å². The Morgan fingerprint density at radius 3 is 2.54 bits per heavy atom. The van der Waals surface area contributed by atoms with Crippen molar-refractivity contribution in [3.63, 3.8) is 0 Å². The van der Waals surface area contributed by atoms with Gasteiger partial charge in [-0.15, -0.1) is 0 Å². The van der Waals surface area contributed by atoms with Crippen molar-refractivity contribution < 1.29 is 9.53 Å². The van der Waals surface area contributed by atoms with Crippen LogP contribution in [0.5, 0.6) is 5.75 Å². The van der Waals surface area contributed by atoms with Gasteiger partial charge in [0.05, 0.1) is 19.3 Å². The molecule has 6 heteroatoms. The number of nitrogens with zero attached hydrogens (tertiary/aromatic N) is 1. The highest BCUT2D eigenvalue weighted by molar-refractivity contribution is 9.10. The number of carbonyl (C=O) groups is 1. The third-order valence-corrected chi connectivity index (χ3v) is 5.18. The van der Waals surface area contributed by atoms with Crippen LogP contribution in [0.1, 0.15) is 19.3 Å². The maximum absolute atomic E-state index is 12.2. The predicted octanol–water partition coefficient (Wildman–Crippen LogP) is 4.50. The number of hydrogen-bond acceptors (Lipinski definition) is 4. The zero-order valence-corrected chi connectivity index (χ0v) is 16.5. The van der Waals surface area contributed by atoms with Crippen molar-refractivity contribution in [2.24, 2.45) is 0 Å². The van der Waals surface area contributed by atoms with Gasteiger partial charge in [-0.25, -0.2) is 0 Å². The summed E-state index contributed by atoms with van der Waals surface area (Å²) < 4.78 is 6.09. The van der Waals surface area contributed by atoms with E-state index in [1.807, 2.05) is 30.3 Å². The van der Waals surface area contributed by atoms with E-state index in [1.165, 1.54) is 24.9 Å². The molecule has 2 aromatic rings. The first kappa shape index (κ1) is 18.6. The van der Waals surface area contributed by atoms with Gasteiger partial charge in [0.1, 0.15) is 5.75 Å². The molecule has 0 radical (unpaired) electrons. The van der Waals surface area contributed by atoms with Crippen molar-refractivity contribution in [2.75, 3.05) is 42.3 Å². The lowest BCUT2D eigenvalue weighted by Gasteiger charge is -2.28. The van der Waals surface area contributed by atoms with E-state index in [-0.39, 0.29) is 12.5 Å². The van der Waals surface area contributed by atoms with Crippen LogP contribution in [0.15, 0.2) is 46.9 Å². The molecule has 0 saturated carbocycles. The summed E-state index contributed by atoms with van der Waals surface area (Å²) in [6.45, 7) is 2.41. The molecular formula is C20H24BrN3O2. The quantitative estimate of drug-likeness (QED) is 0.726. The first-order chi connectivity index (χ1) is 12.7. The molecule has 1 fully saturated rings. The van der Waals surface area contributed by atoms with Crippen LogP contribution in [0, 0.1) is 0 Å². The number of piperidine rings is 1. The minimum Gasteiger partial charge on any atom is -0.497 e. The second kappa shape index (κ2) is 8.94. The van der Waals surface area contributed by atoms with Crippen LogP contribution in [0.3, 0.4) is 0 Å². The number of hydrogen-bond donors (Lipinski definition) is 2. The molecule has 1 aliphatic rings. The van der Waals surface area contributed by atoms with E-state index < -0.39 is 0 Å². The number of ether oxygens (including phenoxy) is 1. The fraction of sp³-hybridized carbons (Fsp3) is 0.350. The average Bonchev–Trinajstić information content (AvgIpc) is 2.68. The third-order valence-electron chi connectivity index (χ3n) is 4.49. The van der Waals surface area contributed by atoms with Crippen LogP contribution in [0.25, 0.3) is 0 Å². The number of methoxy groups -OCH3 is 1. The van der Waals surface area contributed by atoms with E-state index in [2.05, 4.69) is 43.6 Å². The number of nitrogens with one attached hydrogen (secondary N) is 2. The van der Waals surface area contributed by atoms with Gasteiger partial charge in [-0.3, -0.25) is 4.79 Å². The van der Waals surface area contributed by atoms with Crippen molar-refractivity contribution >= 4 is 38.9 Å². The molecule has 3 rings (SSSR count). The monoisotopic (exact) mass is 417 g/mol. The van der Waals surface area contributed by atoms with Crippen molar-refractivity contribution in [3.8, 4) is 5.75 Å². The Kier molecular flexibility index (Phi) is 6.39. The van der Waals surface area contributed by atoms with Gasteiger partial charge in [-0.05, 0) is 71.6 Å². The van der Waals surface area contributed by atoms with Gasteiger partial charge in [-0.1, -0.05) is 0 Å². The molecule has 1 amide bonds. The Bertz CT molecular complexity index is 743. The number of anilines is 3. The molecule has 0 aliphatic carbocycles. The molecule has 0 unspecified atom stereocenters. The molecule has 0 atom stereocenters. The molecule has 5 nitrogen and oxygen atoms in total. The van der Waals surface area contributed by atoms with Gasteiger partial charge >= 0.3 is 0 Å². The van der Waals surface area contributed by atoms with E-state index in [0.717, 1.165) is 34.7 Å². The minimum atomic E-state index is -0.0922. The van der Waals surface area contributed by atoms with Gasteiger partial charge in [0, 0.05) is 35.0 Å². The average molecular weight is 418 g/mol. The van der Waals surface area contributed by atoms with E-state index >= 15 is 0 Å². The number of amides is 1. The van der Waals surface area contributed by atoms with E-state index in [9.17, 15) is 4.79 Å². The third kappa shape index (κ3) is 4.91. The normalized spacial score (nSPS) is 14.0.